The Morgan fingerprint density at radius 3 is 1.44 bits per heavy atom. The number of anilines is 4. The summed E-state index contributed by atoms with van der Waals surface area (Å²) in [6, 6.07) is 19.3. The molecule has 8 heterocycles. The van der Waals surface area contributed by atoms with E-state index in [4.69, 9.17) is 43.6 Å². The van der Waals surface area contributed by atoms with Crippen molar-refractivity contribution in [2.75, 3.05) is 146 Å². The van der Waals surface area contributed by atoms with E-state index in [-0.39, 0.29) is 116 Å². The molecule has 0 unspecified atom stereocenters. The van der Waals surface area contributed by atoms with E-state index in [0.717, 1.165) is 27.9 Å². The number of pyridine rings is 2. The predicted octanol–water partition coefficient (Wildman–Crippen LogP) is 5.32. The van der Waals surface area contributed by atoms with Crippen LogP contribution in [0.3, 0.4) is 0 Å². The molecule has 0 spiro atoms. The average molecular weight is 1600 g/mol. The van der Waals surface area contributed by atoms with Crippen LogP contribution < -0.4 is 47.9 Å². The normalized spacial score (nSPS) is 11.7. The first-order chi connectivity index (χ1) is 55.9. The number of aromatic nitrogens is 10. The molecule has 0 saturated heterocycles. The van der Waals surface area contributed by atoms with E-state index in [2.05, 4.69) is 74.3 Å². The molecular weight excluding hydrogens is 1500 g/mol. The fourth-order valence-corrected chi connectivity index (χ4v) is 12.0. The Bertz CT molecular complexity index is 4890. The number of nitrogens with one attached hydrogen (secondary N) is 10. The lowest BCUT2D eigenvalue weighted by Gasteiger charge is -2.15. The molecule has 0 aliphatic carbocycles. The Morgan fingerprint density at radius 2 is 0.931 bits per heavy atom. The van der Waals surface area contributed by atoms with Gasteiger partial charge in [0.2, 0.25) is 23.5 Å². The summed E-state index contributed by atoms with van der Waals surface area (Å²) in [6.45, 7) is 10.8. The Balaban J connectivity index is 0.523. The van der Waals surface area contributed by atoms with Crippen molar-refractivity contribution in [3.05, 3.63) is 174 Å². The molecule has 9 aromatic rings. The molecule has 9 amide bonds. The Kier molecular flexibility index (Phi) is 33.3. The second kappa shape index (κ2) is 44.2. The van der Waals surface area contributed by atoms with Gasteiger partial charge < -0.3 is 119 Å². The number of amides is 9. The van der Waals surface area contributed by atoms with Crippen molar-refractivity contribution in [3.8, 4) is 11.1 Å². The molecule has 0 aliphatic rings. The van der Waals surface area contributed by atoms with Crippen molar-refractivity contribution in [2.24, 2.45) is 35.2 Å². The van der Waals surface area contributed by atoms with Gasteiger partial charge in [0.15, 0.2) is 11.6 Å². The van der Waals surface area contributed by atoms with Crippen LogP contribution in [0.1, 0.15) is 120 Å². The number of aryl methyl sites for hydroxylation is 5. The van der Waals surface area contributed by atoms with Gasteiger partial charge in [-0.25, -0.2) is 9.97 Å². The summed E-state index contributed by atoms with van der Waals surface area (Å²) in [4.78, 5) is 134. The Morgan fingerprint density at radius 1 is 0.448 bits per heavy atom. The van der Waals surface area contributed by atoms with Gasteiger partial charge in [-0.15, -0.1) is 0 Å². The molecule has 11 N–H and O–H groups in total. The van der Waals surface area contributed by atoms with Crippen LogP contribution >= 0.6 is 0 Å². The van der Waals surface area contributed by atoms with Crippen LogP contribution in [-0.4, -0.2) is 237 Å². The van der Waals surface area contributed by atoms with Crippen molar-refractivity contribution in [2.45, 2.75) is 46.1 Å². The minimum absolute atomic E-state index is 0.00369. The number of ether oxygens (including phenoxy) is 7. The molecule has 0 bridgehead atoms. The maximum atomic E-state index is 13.4. The number of allylic oxidation sites excluding steroid dienone is 2. The fraction of sp³-hybridized carbons (Fsp3) is 0.392. The van der Waals surface area contributed by atoms with Crippen LogP contribution in [0.2, 0.25) is 0 Å². The molecule has 0 fully saturated rings. The van der Waals surface area contributed by atoms with E-state index in [0.29, 0.717) is 126 Å². The monoisotopic (exact) mass is 1600 g/mol. The van der Waals surface area contributed by atoms with Crippen molar-refractivity contribution >= 4 is 98.4 Å². The fourth-order valence-electron chi connectivity index (χ4n) is 12.0. The number of benzene rings is 1. The Hall–Kier alpha value is -12.5. The maximum Gasteiger partial charge on any atom is 0.291 e. The molecule has 1 atom stereocenters. The third-order valence-corrected chi connectivity index (χ3v) is 17.8. The van der Waals surface area contributed by atoms with Gasteiger partial charge in [-0.3, -0.25) is 53.1 Å². The van der Waals surface area contributed by atoms with Crippen molar-refractivity contribution in [1.29, 1.82) is 5.41 Å². The first-order valence-corrected chi connectivity index (χ1v) is 37.6. The lowest BCUT2D eigenvalue weighted by molar-refractivity contribution is -0.121. The number of aliphatic hydroxyl groups is 1. The average Bonchev–Trinajstić information content (AvgIpc) is 1.60. The maximum absolute atomic E-state index is 13.4. The van der Waals surface area contributed by atoms with Gasteiger partial charge in [-0.1, -0.05) is 18.2 Å². The highest BCUT2D eigenvalue weighted by atomic mass is 16.6. The molecular formula is C79H100N20O17. The number of hydrogen-bond donors (Lipinski definition) is 11. The summed E-state index contributed by atoms with van der Waals surface area (Å²) in [5.74, 6) is -3.65. The van der Waals surface area contributed by atoms with Gasteiger partial charge in [0.05, 0.1) is 138 Å². The van der Waals surface area contributed by atoms with Gasteiger partial charge in [0.1, 0.15) is 17.1 Å². The molecule has 0 radical (unpaired) electrons. The highest BCUT2D eigenvalue weighted by Gasteiger charge is 2.24. The predicted molar refractivity (Wildman–Crippen MR) is 430 cm³/mol. The lowest BCUT2D eigenvalue weighted by Crippen LogP contribution is -2.33. The number of carbonyl (C=O) groups is 9. The highest BCUT2D eigenvalue weighted by Crippen LogP contribution is 2.35. The van der Waals surface area contributed by atoms with Crippen molar-refractivity contribution in [3.63, 3.8) is 0 Å². The molecule has 37 heteroatoms. The number of imidazole rings is 2. The zero-order chi connectivity index (χ0) is 83.0. The smallest absolute Gasteiger partial charge is 0.291 e. The van der Waals surface area contributed by atoms with Gasteiger partial charge in [0, 0.05) is 171 Å². The zero-order valence-electron chi connectivity index (χ0n) is 66.1. The van der Waals surface area contributed by atoms with E-state index >= 15 is 0 Å². The molecule has 116 heavy (non-hydrogen) atoms. The Labute approximate surface area is 669 Å². The molecule has 8 aromatic heterocycles. The molecule has 1 aromatic carbocycles. The summed E-state index contributed by atoms with van der Waals surface area (Å²) in [5, 5.41) is 43.1. The van der Waals surface area contributed by atoms with E-state index in [1.807, 2.05) is 42.6 Å². The number of fused-ring (bicyclic) bond motifs is 1. The van der Waals surface area contributed by atoms with Gasteiger partial charge in [-0.05, 0) is 74.9 Å². The minimum Gasteiger partial charge on any atom is -0.512 e. The summed E-state index contributed by atoms with van der Waals surface area (Å²) < 4.78 is 48.6. The van der Waals surface area contributed by atoms with Gasteiger partial charge in [0.25, 0.3) is 35.4 Å². The zero-order valence-corrected chi connectivity index (χ0v) is 66.1. The third-order valence-electron chi connectivity index (χ3n) is 17.8. The van der Waals surface area contributed by atoms with Crippen LogP contribution in [-0.2, 0) is 82.8 Å². The summed E-state index contributed by atoms with van der Waals surface area (Å²) in [5.41, 5.74) is 7.56. The summed E-state index contributed by atoms with van der Waals surface area (Å²) >= 11 is 0. The second-order valence-electron chi connectivity index (χ2n) is 26.6. The van der Waals surface area contributed by atoms with Crippen molar-refractivity contribution < 1.29 is 81.4 Å². The molecule has 9 rings (SSSR count). The molecule has 618 valence electrons. The first kappa shape index (κ1) is 87.4. The van der Waals surface area contributed by atoms with E-state index < -0.39 is 41.4 Å². The topological polar surface area (TPSA) is 452 Å². The number of carbonyl (C=O) groups excluding carboxylic acids is 9. The number of hydrogen-bond acceptors (Lipinski definition) is 22. The van der Waals surface area contributed by atoms with Gasteiger partial charge in [-0.2, -0.15) is 0 Å². The number of rotatable bonds is 48. The van der Waals surface area contributed by atoms with Crippen LogP contribution in [0.5, 0.6) is 0 Å². The number of aliphatic hydroxyl groups excluding tert-OH is 1. The van der Waals surface area contributed by atoms with Gasteiger partial charge >= 0.3 is 0 Å². The SMILES string of the molecule is CC(=N)/C(=C(/C)O)c1cnc2c(-c3ccc(C(=O)NCCOCCOCCOCCOCCOCCOCCOCCNC(=O)CCNC(=O)c4nc(NC(=O)CCNC(=O)c5cc(NC(=O)c6cc(NC(=O)CCNC(=O)c7cc(NC(=O)c8nccn8C)cn7C)cn6C)cn5C)cn4C)cc3)cn([C@@H](C)c3ccccn3)c2c1. The lowest BCUT2D eigenvalue weighted by atomic mass is 10.0. The standard InChI is InChI=1S/C79H100N20O17/c1-51(80)70(53(3)100)56-41-62-71(88-45-56)60(49-99(62)52(2)61-11-9-10-19-81-61)54-12-14-55(15-13-54)74(104)87-25-28-111-30-32-113-34-36-115-38-40-116-39-37-114-35-33-112-31-29-110-27-24-82-67(101)16-20-86-78(108)73-93-66(50-98(73)8)92-69(103)18-22-85-75(105)63-43-58(47-95(63)5)90-77(107)65-42-57(46-97(65)7)89-68(102)17-21-84-76(106)64-44-59(48-96(64)6)91-79(109)72-83-23-26-94(72)4/h9-15,19,23,26,41-50,52,80,100H,16-18,20-22,24-25,27-40H2,1-8H3,(H,82,101)(H,84,106)(H,85,105)(H,86,108)(H,87,104)(H,89,102)(H,90,107)(H,91,109)(H,92,103)/b70-53+,80-51?/t52-/m0/s1. The third kappa shape index (κ3) is 26.0. The molecule has 0 saturated carbocycles. The summed E-state index contributed by atoms with van der Waals surface area (Å²) in [6.07, 6.45) is 14.5. The van der Waals surface area contributed by atoms with Crippen LogP contribution in [0.4, 0.5) is 22.9 Å². The van der Waals surface area contributed by atoms with Crippen LogP contribution in [0.25, 0.3) is 27.7 Å². The first-order valence-electron chi connectivity index (χ1n) is 37.6. The molecule has 37 nitrogen and oxygen atoms in total. The van der Waals surface area contributed by atoms with Crippen LogP contribution in [0, 0.1) is 5.41 Å². The largest absolute Gasteiger partial charge is 0.512 e. The van der Waals surface area contributed by atoms with E-state index in [1.54, 1.807) is 101 Å². The minimum atomic E-state index is -0.568. The molecule has 0 aliphatic heterocycles. The highest BCUT2D eigenvalue weighted by molar-refractivity contribution is 6.22. The van der Waals surface area contributed by atoms with Crippen LogP contribution in [0.15, 0.2) is 128 Å². The summed E-state index contributed by atoms with van der Waals surface area (Å²) in [7, 11) is 8.13. The van der Waals surface area contributed by atoms with Crippen molar-refractivity contribution in [1.82, 2.24) is 73.9 Å². The van der Waals surface area contributed by atoms with E-state index in [1.165, 1.54) is 50.5 Å². The van der Waals surface area contributed by atoms with E-state index in [9.17, 15) is 48.3 Å². The number of nitrogens with zero attached hydrogens (tertiary/aromatic N) is 10. The second-order valence-corrected chi connectivity index (χ2v) is 26.6. The quantitative estimate of drug-likeness (QED) is 0.0130.